The highest BCUT2D eigenvalue weighted by atomic mass is 31.2. The van der Waals surface area contributed by atoms with Gasteiger partial charge in [-0.3, -0.25) is 27.8 Å². The van der Waals surface area contributed by atoms with Gasteiger partial charge in [-0.05, 0) is 48.7 Å². The van der Waals surface area contributed by atoms with Crippen molar-refractivity contribution in [2.45, 2.75) is 46.5 Å². The van der Waals surface area contributed by atoms with E-state index in [1.807, 2.05) is 13.1 Å². The number of phosphoric ester groups is 1. The predicted octanol–water partition coefficient (Wildman–Crippen LogP) is 5.05. The van der Waals surface area contributed by atoms with Crippen molar-refractivity contribution in [3.8, 4) is 11.3 Å². The molecule has 4 aromatic rings. The van der Waals surface area contributed by atoms with Crippen molar-refractivity contribution >= 4 is 37.1 Å². The maximum atomic E-state index is 14.2. The summed E-state index contributed by atoms with van der Waals surface area (Å²) < 4.78 is 92.1. The Balaban J connectivity index is 1.14. The zero-order valence-electron chi connectivity index (χ0n) is 32.9. The molecule has 322 valence electrons. The lowest BCUT2D eigenvalue weighted by Crippen LogP contribution is -2.29. The second kappa shape index (κ2) is 22.5. The highest BCUT2D eigenvalue weighted by molar-refractivity contribution is 7.47. The molecular weight excluding hydrogens is 806 g/mol. The van der Waals surface area contributed by atoms with Gasteiger partial charge in [-0.2, -0.15) is 13.2 Å². The van der Waals surface area contributed by atoms with Crippen molar-refractivity contribution in [2.75, 3.05) is 71.3 Å². The third kappa shape index (κ3) is 16.1. The topological polar surface area (TPSA) is 207 Å². The first-order chi connectivity index (χ1) is 28.0. The fourth-order valence-corrected chi connectivity index (χ4v) is 6.00. The highest BCUT2D eigenvalue weighted by Crippen LogP contribution is 2.42. The molecule has 1 unspecified atom stereocenters. The Bertz CT molecular complexity index is 2080. The summed E-state index contributed by atoms with van der Waals surface area (Å²) in [6.45, 7) is 5.94. The van der Waals surface area contributed by atoms with Gasteiger partial charge in [0.2, 0.25) is 5.78 Å². The number of anilines is 1. The van der Waals surface area contributed by atoms with Gasteiger partial charge in [0.1, 0.15) is 6.61 Å². The fraction of sp³-hybridized carbons (Fsp3) is 0.447. The van der Waals surface area contributed by atoms with Gasteiger partial charge in [0.15, 0.2) is 6.10 Å². The molecule has 2 aromatic heterocycles. The van der Waals surface area contributed by atoms with E-state index >= 15 is 0 Å². The summed E-state index contributed by atoms with van der Waals surface area (Å²) in [6.07, 6.45) is -0.272. The standard InChI is InChI=1S/C38H47F3N5O12P/c1-25-19-43-37-45-35(22-46(37)21-25)30-7-5-26(2)34(18-30)44-36(49)32-8-6-29(17-33(32)38(39,40)41)20-42-9-10-56-59(50,51)57-16-15-53-12-11-52-13-14-54-23-31(58-28(4)48)24-55-27(3)47/h5-8,17-19,21-22,31,42H,9-16,20,23-24H2,1-4H3,(H,44,49)(H,50,51)/t31-/m0/s1. The maximum absolute atomic E-state index is 14.2. The minimum Gasteiger partial charge on any atom is -0.462 e. The first-order valence-electron chi connectivity index (χ1n) is 18.3. The first-order valence-corrected chi connectivity index (χ1v) is 19.8. The average Bonchev–Trinajstić information content (AvgIpc) is 3.59. The van der Waals surface area contributed by atoms with Gasteiger partial charge in [-0.25, -0.2) is 14.5 Å². The number of hydrogen-bond donors (Lipinski definition) is 3. The van der Waals surface area contributed by atoms with E-state index in [1.54, 1.807) is 41.9 Å². The van der Waals surface area contributed by atoms with Crippen LogP contribution in [0.5, 0.6) is 0 Å². The van der Waals surface area contributed by atoms with Crippen LogP contribution in [-0.4, -0.2) is 109 Å². The summed E-state index contributed by atoms with van der Waals surface area (Å²) in [5, 5.41) is 5.45. The van der Waals surface area contributed by atoms with Crippen molar-refractivity contribution < 1.29 is 69.7 Å². The zero-order valence-corrected chi connectivity index (χ0v) is 33.8. The molecule has 21 heteroatoms. The van der Waals surface area contributed by atoms with Crippen molar-refractivity contribution in [1.29, 1.82) is 0 Å². The van der Waals surface area contributed by atoms with Crippen LogP contribution in [0.3, 0.4) is 0 Å². The van der Waals surface area contributed by atoms with Crippen LogP contribution < -0.4 is 10.6 Å². The maximum Gasteiger partial charge on any atom is 0.472 e. The largest absolute Gasteiger partial charge is 0.472 e. The number of alkyl halides is 3. The molecule has 0 fully saturated rings. The molecule has 17 nitrogen and oxygen atoms in total. The van der Waals surface area contributed by atoms with Crippen LogP contribution in [0.2, 0.25) is 0 Å². The van der Waals surface area contributed by atoms with Crippen LogP contribution in [0.4, 0.5) is 18.9 Å². The minimum absolute atomic E-state index is 0.00440. The lowest BCUT2D eigenvalue weighted by atomic mass is 10.0. The SMILES string of the molecule is CC(=O)OC[C@H](COCCOCCOCCOP(=O)(O)OCCNCc1ccc(C(=O)Nc2cc(-c3cn4cc(C)cnc4n3)ccc2C)c(C(F)(F)F)c1)OC(C)=O. The van der Waals surface area contributed by atoms with Gasteiger partial charge in [0, 0.05) is 56.8 Å². The number of aryl methyl sites for hydroxylation is 2. The molecule has 2 atom stereocenters. The molecule has 0 aliphatic carbocycles. The summed E-state index contributed by atoms with van der Waals surface area (Å²) in [4.78, 5) is 54.0. The predicted molar refractivity (Wildman–Crippen MR) is 205 cm³/mol. The monoisotopic (exact) mass is 853 g/mol. The smallest absolute Gasteiger partial charge is 0.462 e. The van der Waals surface area contributed by atoms with E-state index in [2.05, 4.69) is 20.6 Å². The molecule has 4 rings (SSSR count). The van der Waals surface area contributed by atoms with Crippen LogP contribution in [0.25, 0.3) is 17.0 Å². The number of ether oxygens (including phenoxy) is 5. The molecule has 1 amide bonds. The van der Waals surface area contributed by atoms with Gasteiger partial charge < -0.3 is 39.2 Å². The van der Waals surface area contributed by atoms with Crippen molar-refractivity contribution in [3.05, 3.63) is 82.8 Å². The molecule has 0 radical (unpaired) electrons. The van der Waals surface area contributed by atoms with Gasteiger partial charge in [-0.1, -0.05) is 18.2 Å². The first kappa shape index (κ1) is 46.9. The van der Waals surface area contributed by atoms with Crippen LogP contribution in [0.15, 0.2) is 55.0 Å². The molecule has 0 bridgehead atoms. The number of fused-ring (bicyclic) bond motifs is 1. The van der Waals surface area contributed by atoms with Gasteiger partial charge in [0.05, 0.1) is 69.7 Å². The van der Waals surface area contributed by atoms with E-state index in [1.165, 1.54) is 19.9 Å². The molecule has 3 N–H and O–H groups in total. The second-order valence-corrected chi connectivity index (χ2v) is 14.4. The molecule has 0 saturated carbocycles. The summed E-state index contributed by atoms with van der Waals surface area (Å²) in [7, 11) is -4.44. The molecule has 2 heterocycles. The number of esters is 2. The molecule has 0 saturated heterocycles. The third-order valence-corrected chi connectivity index (χ3v) is 9.07. The Labute approximate surface area is 338 Å². The van der Waals surface area contributed by atoms with Crippen molar-refractivity contribution in [2.24, 2.45) is 0 Å². The van der Waals surface area contributed by atoms with E-state index in [0.717, 1.165) is 17.7 Å². The second-order valence-electron chi connectivity index (χ2n) is 13.0. The summed E-state index contributed by atoms with van der Waals surface area (Å²) in [5.41, 5.74) is 1.61. The van der Waals surface area contributed by atoms with Gasteiger partial charge in [-0.15, -0.1) is 0 Å². The average molecular weight is 854 g/mol. The molecular formula is C38H47F3N5O12P. The molecule has 2 aromatic carbocycles. The highest BCUT2D eigenvalue weighted by Gasteiger charge is 2.35. The number of nitrogens with zero attached hydrogens (tertiary/aromatic N) is 3. The van der Waals surface area contributed by atoms with Crippen molar-refractivity contribution in [3.63, 3.8) is 0 Å². The number of nitrogens with one attached hydrogen (secondary N) is 2. The summed E-state index contributed by atoms with van der Waals surface area (Å²) in [6, 6.07) is 8.52. The van der Waals surface area contributed by atoms with Crippen LogP contribution in [0, 0.1) is 13.8 Å². The number of amides is 1. The minimum atomic E-state index is -4.84. The Kier molecular flexibility index (Phi) is 17.9. The normalized spacial score (nSPS) is 13.2. The Hall–Kier alpha value is -4.79. The quantitative estimate of drug-likeness (QED) is 0.0479. The number of halogens is 3. The summed E-state index contributed by atoms with van der Waals surface area (Å²) >= 11 is 0. The number of imidazole rings is 1. The van der Waals surface area contributed by atoms with Crippen LogP contribution >= 0.6 is 7.82 Å². The van der Waals surface area contributed by atoms with Crippen LogP contribution in [-0.2, 0) is 59.6 Å². The van der Waals surface area contributed by atoms with Gasteiger partial charge >= 0.3 is 25.9 Å². The van der Waals surface area contributed by atoms with Crippen LogP contribution in [0.1, 0.15) is 46.5 Å². The van der Waals surface area contributed by atoms with E-state index in [9.17, 15) is 37.0 Å². The Morgan fingerprint density at radius 1 is 0.881 bits per heavy atom. The molecule has 0 aliphatic heterocycles. The Morgan fingerprint density at radius 3 is 2.27 bits per heavy atom. The molecule has 59 heavy (non-hydrogen) atoms. The molecule has 0 spiro atoms. The zero-order chi connectivity index (χ0) is 43.0. The van der Waals surface area contributed by atoms with E-state index in [4.69, 9.17) is 32.7 Å². The van der Waals surface area contributed by atoms with E-state index in [-0.39, 0.29) is 78.1 Å². The van der Waals surface area contributed by atoms with E-state index in [0.29, 0.717) is 28.3 Å². The number of benzene rings is 2. The fourth-order valence-electron chi connectivity index (χ4n) is 5.30. The number of hydrogen-bond acceptors (Lipinski definition) is 14. The van der Waals surface area contributed by atoms with E-state index < -0.39 is 49.1 Å². The number of rotatable bonds is 24. The Morgan fingerprint density at radius 2 is 1.58 bits per heavy atom. The lowest BCUT2D eigenvalue weighted by molar-refractivity contribution is -0.160. The number of aromatic nitrogens is 3. The number of carbonyl (C=O) groups is 3. The lowest BCUT2D eigenvalue weighted by Gasteiger charge is -2.16. The van der Waals surface area contributed by atoms with Crippen molar-refractivity contribution in [1.82, 2.24) is 19.7 Å². The number of phosphoric acid groups is 1. The third-order valence-electron chi connectivity index (χ3n) is 8.05. The molecule has 0 aliphatic rings. The summed E-state index contributed by atoms with van der Waals surface area (Å²) in [5.74, 6) is -1.53. The van der Waals surface area contributed by atoms with Gasteiger partial charge in [0.25, 0.3) is 5.91 Å². The number of carbonyl (C=O) groups excluding carboxylic acids is 3.